The molecule has 2 amide bonds. The van der Waals surface area contributed by atoms with E-state index in [1.165, 1.54) is 17.8 Å². The van der Waals surface area contributed by atoms with Crippen molar-refractivity contribution in [2.24, 2.45) is 0 Å². The van der Waals surface area contributed by atoms with Gasteiger partial charge in [0, 0.05) is 42.5 Å². The van der Waals surface area contributed by atoms with E-state index in [4.69, 9.17) is 14.7 Å². The lowest BCUT2D eigenvalue weighted by atomic mass is 10.0. The molecule has 0 bridgehead atoms. The van der Waals surface area contributed by atoms with Crippen LogP contribution < -0.4 is 10.8 Å². The quantitative estimate of drug-likeness (QED) is 0.0726. The number of aliphatic hydroxyl groups excluding tert-OH is 1. The monoisotopic (exact) mass is 609 g/mol. The van der Waals surface area contributed by atoms with E-state index < -0.39 is 18.2 Å². The second-order valence-electron chi connectivity index (χ2n) is 10.1. The van der Waals surface area contributed by atoms with Gasteiger partial charge in [-0.25, -0.2) is 15.3 Å². The first-order valence-corrected chi connectivity index (χ1v) is 15.0. The molecule has 4 rings (SSSR count). The molecule has 1 aliphatic heterocycles. The molecular formula is C31H35N3O8S. The summed E-state index contributed by atoms with van der Waals surface area (Å²) in [4.78, 5) is 39.5. The second-order valence-corrected chi connectivity index (χ2v) is 11.1. The molecular weight excluding hydrogens is 574 g/mol. The van der Waals surface area contributed by atoms with Crippen molar-refractivity contribution in [2.75, 3.05) is 11.1 Å². The normalized spacial score (nSPS) is 18.1. The van der Waals surface area contributed by atoms with Crippen molar-refractivity contribution < 1.29 is 39.3 Å². The summed E-state index contributed by atoms with van der Waals surface area (Å²) in [5.74, 6) is -1.20. The highest BCUT2D eigenvalue weighted by Crippen LogP contribution is 2.40. The van der Waals surface area contributed by atoms with E-state index in [-0.39, 0.29) is 36.7 Å². The van der Waals surface area contributed by atoms with Gasteiger partial charge in [-0.1, -0.05) is 42.8 Å². The summed E-state index contributed by atoms with van der Waals surface area (Å²) in [6.07, 6.45) is 3.05. The molecule has 3 aromatic rings. The van der Waals surface area contributed by atoms with E-state index in [1.807, 2.05) is 36.4 Å². The minimum Gasteiger partial charge on any atom is -0.478 e. The number of nitrogens with zero attached hydrogens (tertiary/aromatic N) is 1. The van der Waals surface area contributed by atoms with Gasteiger partial charge in [0.1, 0.15) is 5.03 Å². The maximum atomic E-state index is 12.5. The van der Waals surface area contributed by atoms with E-state index in [9.17, 15) is 24.6 Å². The highest BCUT2D eigenvalue weighted by Gasteiger charge is 2.33. The van der Waals surface area contributed by atoms with Crippen LogP contribution in [0.4, 0.5) is 5.69 Å². The molecule has 11 nitrogen and oxygen atoms in total. The van der Waals surface area contributed by atoms with Gasteiger partial charge in [0.05, 0.1) is 24.4 Å². The highest BCUT2D eigenvalue weighted by molar-refractivity contribution is 7.99. The molecule has 5 N–H and O–H groups in total. The Morgan fingerprint density at radius 2 is 1.70 bits per heavy atom. The van der Waals surface area contributed by atoms with E-state index in [2.05, 4.69) is 10.3 Å². The largest absolute Gasteiger partial charge is 0.478 e. The molecule has 12 heteroatoms. The van der Waals surface area contributed by atoms with Crippen LogP contribution in [-0.4, -0.2) is 50.0 Å². The zero-order chi connectivity index (χ0) is 30.6. The van der Waals surface area contributed by atoms with Gasteiger partial charge >= 0.3 is 5.97 Å². The van der Waals surface area contributed by atoms with E-state index in [1.54, 1.807) is 29.9 Å². The summed E-state index contributed by atoms with van der Waals surface area (Å²) in [6, 6.07) is 17.9. The van der Waals surface area contributed by atoms with Crippen LogP contribution in [0.5, 0.6) is 0 Å². The zero-order valence-electron chi connectivity index (χ0n) is 23.5. The van der Waals surface area contributed by atoms with Gasteiger partial charge < -0.3 is 25.0 Å². The number of aromatic nitrogens is 1. The highest BCUT2D eigenvalue weighted by atomic mass is 32.2. The minimum atomic E-state index is -1.05. The van der Waals surface area contributed by atoms with E-state index in [0.29, 0.717) is 54.1 Å². The Labute approximate surface area is 253 Å². The van der Waals surface area contributed by atoms with Gasteiger partial charge in [-0.05, 0) is 48.2 Å². The Balaban J connectivity index is 1.44. The fourth-order valence-electron chi connectivity index (χ4n) is 4.65. The minimum absolute atomic E-state index is 0.0633. The van der Waals surface area contributed by atoms with Gasteiger partial charge in [-0.15, -0.1) is 11.8 Å². The topological polar surface area (TPSA) is 167 Å². The van der Waals surface area contributed by atoms with Crippen LogP contribution in [0.2, 0.25) is 0 Å². The van der Waals surface area contributed by atoms with Gasteiger partial charge in [0.2, 0.25) is 11.8 Å². The molecule has 1 aromatic heterocycles. The maximum absolute atomic E-state index is 12.5. The number of aromatic carboxylic acids is 1. The van der Waals surface area contributed by atoms with Crippen LogP contribution in [0.3, 0.4) is 0 Å². The van der Waals surface area contributed by atoms with Crippen molar-refractivity contribution in [1.29, 1.82) is 0 Å². The van der Waals surface area contributed by atoms with Gasteiger partial charge in [-0.3, -0.25) is 14.8 Å². The lowest BCUT2D eigenvalue weighted by Gasteiger charge is -2.36. The first-order chi connectivity index (χ1) is 20.9. The van der Waals surface area contributed by atoms with Crippen LogP contribution in [-0.2, 0) is 25.7 Å². The number of nitrogens with one attached hydrogen (secondary N) is 2. The number of carboxylic acids is 1. The third-order valence-corrected chi connectivity index (χ3v) is 8.03. The summed E-state index contributed by atoms with van der Waals surface area (Å²) >= 11 is 1.31. The van der Waals surface area contributed by atoms with Crippen molar-refractivity contribution in [3.8, 4) is 0 Å². The third-order valence-electron chi connectivity index (χ3n) is 6.90. The summed E-state index contributed by atoms with van der Waals surface area (Å²) in [5.41, 5.74) is 4.74. The number of carbonyl (C=O) groups excluding carboxylic acids is 2. The molecule has 0 spiro atoms. The Morgan fingerprint density at radius 1 is 0.930 bits per heavy atom. The number of aliphatic hydroxyl groups is 1. The number of benzene rings is 2. The number of ether oxygens (including phenoxy) is 2. The number of unbranched alkanes of at least 4 members (excludes halogenated alkanes) is 2. The number of hydrogen-bond acceptors (Lipinski definition) is 9. The standard InChI is InChI=1S/C31H35N3O8S/c35-18-20-11-13-21(14-12-20)26-17-24(19-43-29-25(30(38)39)8-5-15-32-29)41-31(42-26)22-6-4-7-23(16-22)33-27(36)9-2-1-3-10-28(37)34-40/h4-8,11-16,24,26,31,35,40H,1-3,9-10,17-19H2,(H,33,36)(H,34,37)(H,38,39)/t24-,26+,31+/m0/s1. The molecule has 3 atom stereocenters. The number of pyridine rings is 1. The van der Waals surface area contributed by atoms with Gasteiger partial charge in [0.25, 0.3) is 0 Å². The van der Waals surface area contributed by atoms with Crippen LogP contribution in [0, 0.1) is 0 Å². The van der Waals surface area contributed by atoms with Crippen molar-refractivity contribution in [3.05, 3.63) is 89.1 Å². The number of carboxylic acid groups (broad SMARTS) is 1. The lowest BCUT2D eigenvalue weighted by Crippen LogP contribution is -2.31. The number of hydrogen-bond donors (Lipinski definition) is 5. The molecule has 0 aliphatic carbocycles. The molecule has 2 aromatic carbocycles. The smallest absolute Gasteiger partial charge is 0.338 e. The molecule has 0 saturated carbocycles. The van der Waals surface area contributed by atoms with Crippen LogP contribution in [0.15, 0.2) is 71.9 Å². The molecule has 228 valence electrons. The molecule has 0 radical (unpaired) electrons. The maximum Gasteiger partial charge on any atom is 0.338 e. The fraction of sp³-hybridized carbons (Fsp3) is 0.355. The predicted molar refractivity (Wildman–Crippen MR) is 158 cm³/mol. The van der Waals surface area contributed by atoms with Crippen molar-refractivity contribution in [3.63, 3.8) is 0 Å². The van der Waals surface area contributed by atoms with Crippen LogP contribution in [0.25, 0.3) is 0 Å². The SMILES string of the molecule is O=C(CCCCCC(=O)Nc1cccc([C@@H]2O[C@H](CSc3ncccc3C(=O)O)C[C@H](c3ccc(CO)cc3)O2)c1)NO. The summed E-state index contributed by atoms with van der Waals surface area (Å²) in [6.45, 7) is -0.0633. The number of thioether (sulfide) groups is 1. The number of carbonyl (C=O) groups is 3. The number of anilines is 1. The fourth-order valence-corrected chi connectivity index (χ4v) is 5.66. The second kappa shape index (κ2) is 16.1. The first-order valence-electron chi connectivity index (χ1n) is 14.0. The van der Waals surface area contributed by atoms with Crippen molar-refractivity contribution in [2.45, 2.75) is 68.7 Å². The van der Waals surface area contributed by atoms with Crippen LogP contribution >= 0.6 is 11.8 Å². The Hall–Kier alpha value is -3.81. The van der Waals surface area contributed by atoms with Crippen molar-refractivity contribution >= 4 is 35.2 Å². The molecule has 2 heterocycles. The van der Waals surface area contributed by atoms with Gasteiger partial charge in [-0.2, -0.15) is 0 Å². The summed E-state index contributed by atoms with van der Waals surface area (Å²) in [7, 11) is 0. The zero-order valence-corrected chi connectivity index (χ0v) is 24.3. The Bertz CT molecular complexity index is 1390. The molecule has 1 saturated heterocycles. The molecule has 0 unspecified atom stereocenters. The number of rotatable bonds is 14. The predicted octanol–water partition coefficient (Wildman–Crippen LogP) is 5.00. The van der Waals surface area contributed by atoms with E-state index >= 15 is 0 Å². The lowest BCUT2D eigenvalue weighted by molar-refractivity contribution is -0.245. The van der Waals surface area contributed by atoms with Crippen LogP contribution in [0.1, 0.15) is 78.0 Å². The summed E-state index contributed by atoms with van der Waals surface area (Å²) < 4.78 is 12.7. The number of hydroxylamine groups is 1. The molecule has 1 fully saturated rings. The summed E-state index contributed by atoms with van der Waals surface area (Å²) in [5, 5.41) is 30.9. The van der Waals surface area contributed by atoms with E-state index in [0.717, 1.165) is 11.1 Å². The Kier molecular flexibility index (Phi) is 12.1. The average molecular weight is 610 g/mol. The third kappa shape index (κ3) is 9.60. The average Bonchev–Trinajstić information content (AvgIpc) is 3.03. The number of amides is 2. The Morgan fingerprint density at radius 3 is 2.42 bits per heavy atom. The van der Waals surface area contributed by atoms with Crippen molar-refractivity contribution in [1.82, 2.24) is 10.5 Å². The van der Waals surface area contributed by atoms with Gasteiger partial charge in [0.15, 0.2) is 6.29 Å². The first kappa shape index (κ1) is 32.1. The molecule has 1 aliphatic rings. The molecule has 43 heavy (non-hydrogen) atoms.